The number of hydrogen-bond acceptors (Lipinski definition) is 3. The Balaban J connectivity index is 1.83. The number of rotatable bonds is 10. The maximum absolute atomic E-state index is 12.3. The molecule has 1 aromatic rings. The molecule has 1 aliphatic rings. The van der Waals surface area contributed by atoms with Crippen LogP contribution in [0.4, 0.5) is 0 Å². The van der Waals surface area contributed by atoms with Gasteiger partial charge in [0.25, 0.3) is 0 Å². The number of amides is 1. The minimum atomic E-state index is 0.0744. The molecule has 0 aliphatic heterocycles. The molecule has 1 unspecified atom stereocenters. The van der Waals surface area contributed by atoms with E-state index in [1.807, 2.05) is 38.1 Å². The van der Waals surface area contributed by atoms with Gasteiger partial charge in [0.15, 0.2) is 0 Å². The van der Waals surface area contributed by atoms with Gasteiger partial charge in [-0.3, -0.25) is 9.69 Å². The van der Waals surface area contributed by atoms with Gasteiger partial charge in [-0.25, -0.2) is 0 Å². The van der Waals surface area contributed by atoms with Gasteiger partial charge >= 0.3 is 0 Å². The van der Waals surface area contributed by atoms with Crippen LogP contribution in [0.3, 0.4) is 0 Å². The van der Waals surface area contributed by atoms with Crippen LogP contribution in [-0.4, -0.2) is 42.6 Å². The van der Waals surface area contributed by atoms with Crippen LogP contribution in [0.15, 0.2) is 24.3 Å². The summed E-state index contributed by atoms with van der Waals surface area (Å²) in [4.78, 5) is 14.5. The van der Waals surface area contributed by atoms with Gasteiger partial charge in [0, 0.05) is 30.3 Å². The maximum Gasteiger partial charge on any atom is 0.234 e. The van der Waals surface area contributed by atoms with Crippen LogP contribution in [0.25, 0.3) is 0 Å². The first kappa shape index (κ1) is 19.2. The van der Waals surface area contributed by atoms with Crippen LogP contribution < -0.4 is 5.32 Å². The Kier molecular flexibility index (Phi) is 7.53. The number of benzene rings is 1. The summed E-state index contributed by atoms with van der Waals surface area (Å²) >= 11 is 6.33. The lowest BCUT2D eigenvalue weighted by Crippen LogP contribution is -2.40. The molecule has 1 aliphatic carbocycles. The molecule has 0 bridgehead atoms. The van der Waals surface area contributed by atoms with Gasteiger partial charge < -0.3 is 10.1 Å². The van der Waals surface area contributed by atoms with Crippen molar-refractivity contribution in [3.63, 3.8) is 0 Å². The average Bonchev–Trinajstić information content (AvgIpc) is 3.36. The summed E-state index contributed by atoms with van der Waals surface area (Å²) in [6.07, 6.45) is 3.39. The minimum absolute atomic E-state index is 0.0744. The first-order chi connectivity index (χ1) is 11.5. The summed E-state index contributed by atoms with van der Waals surface area (Å²) in [6.45, 7) is 7.92. The molecule has 5 heteroatoms. The molecular formula is C19H29ClN2O2. The molecule has 1 amide bonds. The molecular weight excluding hydrogens is 324 g/mol. The molecule has 0 aromatic heterocycles. The molecule has 1 fully saturated rings. The van der Waals surface area contributed by atoms with Crippen LogP contribution in [0, 0.1) is 0 Å². The van der Waals surface area contributed by atoms with E-state index in [0.717, 1.165) is 29.8 Å². The van der Waals surface area contributed by atoms with E-state index in [0.29, 0.717) is 25.7 Å². The Morgan fingerprint density at radius 1 is 1.33 bits per heavy atom. The zero-order valence-corrected chi connectivity index (χ0v) is 15.7. The highest BCUT2D eigenvalue weighted by Gasteiger charge is 2.34. The van der Waals surface area contributed by atoms with E-state index in [9.17, 15) is 4.79 Å². The molecule has 24 heavy (non-hydrogen) atoms. The molecule has 1 N–H and O–H groups in total. The summed E-state index contributed by atoms with van der Waals surface area (Å²) in [6, 6.07) is 8.52. The molecule has 134 valence electrons. The number of halogens is 1. The van der Waals surface area contributed by atoms with Crippen molar-refractivity contribution in [3.05, 3.63) is 34.9 Å². The maximum atomic E-state index is 12.3. The number of carbonyl (C=O) groups excluding carboxylic acids is 1. The quantitative estimate of drug-likeness (QED) is 0.651. The highest BCUT2D eigenvalue weighted by Crippen LogP contribution is 2.36. The predicted octanol–water partition coefficient (Wildman–Crippen LogP) is 3.80. The lowest BCUT2D eigenvalue weighted by Gasteiger charge is -2.29. The van der Waals surface area contributed by atoms with Gasteiger partial charge in [-0.2, -0.15) is 0 Å². The Hall–Kier alpha value is -1.10. The standard InChI is InChI=1S/C19H29ClN2O2/c1-14(2)24-12-6-11-21-19(23)13-22(16-9-10-16)15(3)17-7-4-5-8-18(17)20/h4-5,7-8,14-16H,6,9-13H2,1-3H3,(H,21,23). The van der Waals surface area contributed by atoms with Crippen molar-refractivity contribution in [2.45, 2.75) is 58.2 Å². The second-order valence-corrected chi connectivity index (χ2v) is 7.13. The molecule has 0 radical (unpaired) electrons. The van der Waals surface area contributed by atoms with Crippen LogP contribution in [-0.2, 0) is 9.53 Å². The Labute approximate surface area is 150 Å². The highest BCUT2D eigenvalue weighted by molar-refractivity contribution is 6.31. The molecule has 0 saturated heterocycles. The molecule has 4 nitrogen and oxygen atoms in total. The van der Waals surface area contributed by atoms with Gasteiger partial charge in [0.1, 0.15) is 0 Å². The first-order valence-corrected chi connectivity index (χ1v) is 9.25. The minimum Gasteiger partial charge on any atom is -0.379 e. The molecule has 1 atom stereocenters. The third kappa shape index (κ3) is 6.08. The summed E-state index contributed by atoms with van der Waals surface area (Å²) in [5.74, 6) is 0.0744. The second kappa shape index (κ2) is 9.40. The van der Waals surface area contributed by atoms with E-state index in [2.05, 4.69) is 17.1 Å². The normalized spacial score (nSPS) is 15.8. The summed E-state index contributed by atoms with van der Waals surface area (Å²) in [5.41, 5.74) is 1.09. The van der Waals surface area contributed by atoms with Crippen molar-refractivity contribution in [3.8, 4) is 0 Å². The smallest absolute Gasteiger partial charge is 0.234 e. The number of carbonyl (C=O) groups is 1. The lowest BCUT2D eigenvalue weighted by atomic mass is 10.1. The van der Waals surface area contributed by atoms with Gasteiger partial charge in [-0.05, 0) is 51.7 Å². The SMILES string of the molecule is CC(C)OCCCNC(=O)CN(C1CC1)C(C)c1ccccc1Cl. The molecule has 2 rings (SSSR count). The summed E-state index contributed by atoms with van der Waals surface area (Å²) < 4.78 is 5.49. The zero-order chi connectivity index (χ0) is 17.5. The first-order valence-electron chi connectivity index (χ1n) is 8.87. The van der Waals surface area contributed by atoms with Crippen molar-refractivity contribution < 1.29 is 9.53 Å². The largest absolute Gasteiger partial charge is 0.379 e. The van der Waals surface area contributed by atoms with Crippen molar-refractivity contribution in [1.82, 2.24) is 10.2 Å². The average molecular weight is 353 g/mol. The van der Waals surface area contributed by atoms with Gasteiger partial charge in [0.05, 0.1) is 12.6 Å². The van der Waals surface area contributed by atoms with Gasteiger partial charge in [-0.15, -0.1) is 0 Å². The molecule has 1 aromatic carbocycles. The van der Waals surface area contributed by atoms with Crippen molar-refractivity contribution in [1.29, 1.82) is 0 Å². The van der Waals surface area contributed by atoms with Gasteiger partial charge in [0.2, 0.25) is 5.91 Å². The van der Waals surface area contributed by atoms with Crippen LogP contribution in [0.1, 0.15) is 51.6 Å². The fourth-order valence-corrected chi connectivity index (χ4v) is 3.12. The van der Waals surface area contributed by atoms with Crippen molar-refractivity contribution in [2.75, 3.05) is 19.7 Å². The van der Waals surface area contributed by atoms with Gasteiger partial charge in [-0.1, -0.05) is 29.8 Å². The Morgan fingerprint density at radius 3 is 2.67 bits per heavy atom. The van der Waals surface area contributed by atoms with E-state index >= 15 is 0 Å². The summed E-state index contributed by atoms with van der Waals surface area (Å²) in [7, 11) is 0. The van der Waals surface area contributed by atoms with E-state index < -0.39 is 0 Å². The van der Waals surface area contributed by atoms with E-state index in [1.165, 1.54) is 0 Å². The molecule has 0 heterocycles. The van der Waals surface area contributed by atoms with E-state index in [4.69, 9.17) is 16.3 Å². The van der Waals surface area contributed by atoms with Crippen molar-refractivity contribution >= 4 is 17.5 Å². The number of nitrogens with one attached hydrogen (secondary N) is 1. The van der Waals surface area contributed by atoms with Crippen LogP contribution in [0.5, 0.6) is 0 Å². The zero-order valence-electron chi connectivity index (χ0n) is 14.9. The molecule has 1 saturated carbocycles. The van der Waals surface area contributed by atoms with Crippen molar-refractivity contribution in [2.24, 2.45) is 0 Å². The van der Waals surface area contributed by atoms with E-state index in [-0.39, 0.29) is 18.1 Å². The Morgan fingerprint density at radius 2 is 2.04 bits per heavy atom. The molecule has 0 spiro atoms. The lowest BCUT2D eigenvalue weighted by molar-refractivity contribution is -0.123. The summed E-state index contributed by atoms with van der Waals surface area (Å²) in [5, 5.41) is 3.76. The monoisotopic (exact) mass is 352 g/mol. The van der Waals surface area contributed by atoms with E-state index in [1.54, 1.807) is 0 Å². The second-order valence-electron chi connectivity index (χ2n) is 6.72. The number of nitrogens with zero attached hydrogens (tertiary/aromatic N) is 1. The highest BCUT2D eigenvalue weighted by atomic mass is 35.5. The topological polar surface area (TPSA) is 41.6 Å². The predicted molar refractivity (Wildman–Crippen MR) is 98.3 cm³/mol. The number of ether oxygens (including phenoxy) is 1. The van der Waals surface area contributed by atoms with Crippen LogP contribution >= 0.6 is 11.6 Å². The third-order valence-electron chi connectivity index (χ3n) is 4.29. The van der Waals surface area contributed by atoms with Crippen LogP contribution in [0.2, 0.25) is 5.02 Å². The Bertz CT molecular complexity index is 532. The fourth-order valence-electron chi connectivity index (χ4n) is 2.82. The number of hydrogen-bond donors (Lipinski definition) is 1. The fraction of sp³-hybridized carbons (Fsp3) is 0.632. The third-order valence-corrected chi connectivity index (χ3v) is 4.63.